The van der Waals surface area contributed by atoms with E-state index in [0.29, 0.717) is 24.5 Å². The molecule has 4 nitrogen and oxygen atoms in total. The summed E-state index contributed by atoms with van der Waals surface area (Å²) in [5.41, 5.74) is 1.85. The number of halogens is 1. The summed E-state index contributed by atoms with van der Waals surface area (Å²) < 4.78 is 0. The van der Waals surface area contributed by atoms with E-state index in [1.54, 1.807) is 17.9 Å². The maximum Gasteiger partial charge on any atom is 0.242 e. The quantitative estimate of drug-likeness (QED) is 0.755. The lowest BCUT2D eigenvalue weighted by atomic mass is 10.1. The highest BCUT2D eigenvalue weighted by molar-refractivity contribution is 6.31. The first-order chi connectivity index (χ1) is 12.5. The summed E-state index contributed by atoms with van der Waals surface area (Å²) >= 11 is 6.13. The Morgan fingerprint density at radius 3 is 2.38 bits per heavy atom. The number of hydrogen-bond donors (Lipinski definition) is 1. The van der Waals surface area contributed by atoms with Gasteiger partial charge in [0.15, 0.2) is 0 Å². The van der Waals surface area contributed by atoms with Crippen LogP contribution < -0.4 is 5.32 Å². The van der Waals surface area contributed by atoms with Crippen molar-refractivity contribution in [2.45, 2.75) is 45.8 Å². The molecule has 0 bridgehead atoms. The fraction of sp³-hybridized carbons (Fsp3) is 0.333. The third-order valence-electron chi connectivity index (χ3n) is 4.24. The first-order valence-corrected chi connectivity index (χ1v) is 9.25. The van der Waals surface area contributed by atoms with Gasteiger partial charge in [-0.3, -0.25) is 9.59 Å². The Morgan fingerprint density at radius 1 is 1.08 bits per heavy atom. The third-order valence-corrected chi connectivity index (χ3v) is 4.61. The highest BCUT2D eigenvalue weighted by Gasteiger charge is 2.25. The molecule has 2 amide bonds. The summed E-state index contributed by atoms with van der Waals surface area (Å²) in [6, 6.07) is 16.5. The average molecular weight is 373 g/mol. The van der Waals surface area contributed by atoms with E-state index < -0.39 is 6.04 Å². The van der Waals surface area contributed by atoms with Gasteiger partial charge in [-0.1, -0.05) is 67.1 Å². The molecule has 0 aliphatic carbocycles. The van der Waals surface area contributed by atoms with Crippen molar-refractivity contribution in [1.82, 2.24) is 10.2 Å². The zero-order chi connectivity index (χ0) is 18.9. The molecule has 0 fully saturated rings. The van der Waals surface area contributed by atoms with Crippen molar-refractivity contribution in [1.29, 1.82) is 0 Å². The number of amides is 2. The lowest BCUT2D eigenvalue weighted by Gasteiger charge is -2.29. The van der Waals surface area contributed by atoms with E-state index in [4.69, 9.17) is 11.6 Å². The van der Waals surface area contributed by atoms with Crippen LogP contribution in [-0.2, 0) is 22.7 Å². The Bertz CT molecular complexity index is 734. The Balaban J connectivity index is 2.06. The van der Waals surface area contributed by atoms with Gasteiger partial charge in [-0.05, 0) is 30.5 Å². The summed E-state index contributed by atoms with van der Waals surface area (Å²) in [7, 11) is 0. The normalized spacial score (nSPS) is 11.7. The second-order valence-electron chi connectivity index (χ2n) is 6.24. The van der Waals surface area contributed by atoms with Gasteiger partial charge in [-0.2, -0.15) is 0 Å². The van der Waals surface area contributed by atoms with Crippen molar-refractivity contribution in [3.8, 4) is 0 Å². The first-order valence-electron chi connectivity index (χ1n) is 8.87. The van der Waals surface area contributed by atoms with Gasteiger partial charge in [0.1, 0.15) is 6.04 Å². The van der Waals surface area contributed by atoms with E-state index in [2.05, 4.69) is 5.32 Å². The fourth-order valence-electron chi connectivity index (χ4n) is 2.69. The zero-order valence-electron chi connectivity index (χ0n) is 15.2. The average Bonchev–Trinajstić information content (AvgIpc) is 2.65. The summed E-state index contributed by atoms with van der Waals surface area (Å²) in [6.45, 7) is 4.48. The standard InChI is InChI=1S/C21H25ClN2O2/c1-3-9-20(25)24(15-17-10-5-4-6-11-17)16(2)21(26)23-14-18-12-7-8-13-19(18)22/h4-8,10-13,16H,3,9,14-15H2,1-2H3,(H,23,26). The van der Waals surface area contributed by atoms with Crippen LogP contribution in [0, 0.1) is 0 Å². The minimum absolute atomic E-state index is 0.0169. The maximum atomic E-state index is 12.6. The van der Waals surface area contributed by atoms with Gasteiger partial charge >= 0.3 is 0 Å². The molecule has 26 heavy (non-hydrogen) atoms. The molecule has 0 aliphatic rings. The lowest BCUT2D eigenvalue weighted by Crippen LogP contribution is -2.47. The van der Waals surface area contributed by atoms with Crippen molar-refractivity contribution in [3.63, 3.8) is 0 Å². The lowest BCUT2D eigenvalue weighted by molar-refractivity contribution is -0.140. The van der Waals surface area contributed by atoms with Gasteiger partial charge in [-0.15, -0.1) is 0 Å². The Morgan fingerprint density at radius 2 is 1.73 bits per heavy atom. The van der Waals surface area contributed by atoms with Gasteiger partial charge in [0.2, 0.25) is 11.8 Å². The van der Waals surface area contributed by atoms with E-state index >= 15 is 0 Å². The van der Waals surface area contributed by atoms with Crippen LogP contribution in [0.15, 0.2) is 54.6 Å². The van der Waals surface area contributed by atoms with Crippen LogP contribution in [0.3, 0.4) is 0 Å². The van der Waals surface area contributed by atoms with E-state index in [-0.39, 0.29) is 11.8 Å². The molecule has 0 radical (unpaired) electrons. The second-order valence-corrected chi connectivity index (χ2v) is 6.65. The molecule has 0 aromatic heterocycles. The van der Waals surface area contributed by atoms with Crippen LogP contribution in [0.5, 0.6) is 0 Å². The SMILES string of the molecule is CCCC(=O)N(Cc1ccccc1)C(C)C(=O)NCc1ccccc1Cl. The van der Waals surface area contributed by atoms with E-state index in [1.165, 1.54) is 0 Å². The second kappa shape index (κ2) is 9.97. The van der Waals surface area contributed by atoms with Gasteiger partial charge in [-0.25, -0.2) is 0 Å². The van der Waals surface area contributed by atoms with Crippen LogP contribution >= 0.6 is 11.6 Å². The molecule has 138 valence electrons. The van der Waals surface area contributed by atoms with Crippen molar-refractivity contribution >= 4 is 23.4 Å². The topological polar surface area (TPSA) is 49.4 Å². The largest absolute Gasteiger partial charge is 0.350 e. The number of nitrogens with zero attached hydrogens (tertiary/aromatic N) is 1. The summed E-state index contributed by atoms with van der Waals surface area (Å²) in [4.78, 5) is 26.8. The third kappa shape index (κ3) is 5.60. The Kier molecular flexibility index (Phi) is 7.67. The molecule has 0 spiro atoms. The maximum absolute atomic E-state index is 12.6. The minimum atomic E-state index is -0.559. The molecule has 0 saturated carbocycles. The van der Waals surface area contributed by atoms with Crippen molar-refractivity contribution in [2.24, 2.45) is 0 Å². The predicted molar refractivity (Wildman–Crippen MR) is 105 cm³/mol. The molecule has 2 aromatic carbocycles. The zero-order valence-corrected chi connectivity index (χ0v) is 16.0. The molecular formula is C21H25ClN2O2. The predicted octanol–water partition coefficient (Wildman–Crippen LogP) is 4.17. The molecule has 1 atom stereocenters. The number of nitrogens with one attached hydrogen (secondary N) is 1. The first kappa shape index (κ1) is 20.0. The molecule has 1 unspecified atom stereocenters. The summed E-state index contributed by atoms with van der Waals surface area (Å²) in [5.74, 6) is -0.206. The molecule has 2 aromatic rings. The van der Waals surface area contributed by atoms with Gasteiger partial charge in [0.05, 0.1) is 0 Å². The number of carbonyl (C=O) groups excluding carboxylic acids is 2. The van der Waals surface area contributed by atoms with Crippen LogP contribution in [0.2, 0.25) is 5.02 Å². The van der Waals surface area contributed by atoms with Crippen molar-refractivity contribution in [2.75, 3.05) is 0 Å². The number of benzene rings is 2. The van der Waals surface area contributed by atoms with Crippen molar-refractivity contribution < 1.29 is 9.59 Å². The van der Waals surface area contributed by atoms with E-state index in [9.17, 15) is 9.59 Å². The minimum Gasteiger partial charge on any atom is -0.350 e. The smallest absolute Gasteiger partial charge is 0.242 e. The van der Waals surface area contributed by atoms with Crippen molar-refractivity contribution in [3.05, 3.63) is 70.7 Å². The van der Waals surface area contributed by atoms with Crippen LogP contribution in [0.4, 0.5) is 0 Å². The summed E-state index contributed by atoms with van der Waals surface area (Å²) in [5, 5.41) is 3.50. The molecular weight excluding hydrogens is 348 g/mol. The fourth-order valence-corrected chi connectivity index (χ4v) is 2.89. The number of carbonyl (C=O) groups is 2. The van der Waals surface area contributed by atoms with Crippen LogP contribution in [-0.4, -0.2) is 22.8 Å². The van der Waals surface area contributed by atoms with E-state index in [0.717, 1.165) is 17.5 Å². The Labute approximate surface area is 160 Å². The highest BCUT2D eigenvalue weighted by Crippen LogP contribution is 2.15. The molecule has 0 aliphatic heterocycles. The van der Waals surface area contributed by atoms with Gasteiger partial charge < -0.3 is 10.2 Å². The summed E-state index contributed by atoms with van der Waals surface area (Å²) in [6.07, 6.45) is 1.17. The molecule has 0 saturated heterocycles. The monoisotopic (exact) mass is 372 g/mol. The number of hydrogen-bond acceptors (Lipinski definition) is 2. The number of rotatable bonds is 8. The molecule has 0 heterocycles. The van der Waals surface area contributed by atoms with Gasteiger partial charge in [0.25, 0.3) is 0 Å². The van der Waals surface area contributed by atoms with Crippen LogP contribution in [0.25, 0.3) is 0 Å². The molecule has 1 N–H and O–H groups in total. The van der Waals surface area contributed by atoms with Gasteiger partial charge in [0, 0.05) is 24.5 Å². The highest BCUT2D eigenvalue weighted by atomic mass is 35.5. The van der Waals surface area contributed by atoms with Crippen LogP contribution in [0.1, 0.15) is 37.8 Å². The Hall–Kier alpha value is -2.33. The van der Waals surface area contributed by atoms with E-state index in [1.807, 2.05) is 55.5 Å². The molecule has 2 rings (SSSR count). The molecule has 5 heteroatoms.